The van der Waals surface area contributed by atoms with Gasteiger partial charge in [-0.2, -0.15) is 47.9 Å². The van der Waals surface area contributed by atoms with Crippen LogP contribution in [0.1, 0.15) is 6.42 Å². The zero-order valence-corrected chi connectivity index (χ0v) is 14.8. The summed E-state index contributed by atoms with van der Waals surface area (Å²) in [7, 11) is -7.36. The van der Waals surface area contributed by atoms with Gasteiger partial charge in [0.1, 0.15) is 0 Å². The minimum Gasteiger partial charge on any atom is -0.272 e. The molecule has 168 valence electrons. The summed E-state index contributed by atoms with van der Waals surface area (Å²) in [5, 5.41) is -7.92. The Bertz CT molecular complexity index is 990. The topological polar surface area (TPSA) is 80.8 Å². The minimum atomic E-state index is -7.53. The maximum Gasteiger partial charge on any atom is 0.460 e. The van der Waals surface area contributed by atoms with Gasteiger partial charge in [0.05, 0.1) is 11.8 Å². The molecule has 1 heterocycles. The molecule has 2 amide bonds. The number of allylic oxidation sites excluding steroid dienone is 2. The van der Waals surface area contributed by atoms with E-state index in [1.165, 1.54) is 6.08 Å². The quantitative estimate of drug-likeness (QED) is 0.348. The van der Waals surface area contributed by atoms with E-state index >= 15 is 0 Å². The van der Waals surface area contributed by atoms with Crippen molar-refractivity contribution in [3.63, 3.8) is 0 Å². The summed E-state index contributed by atoms with van der Waals surface area (Å²) in [4.78, 5) is 24.6. The van der Waals surface area contributed by atoms with Crippen LogP contribution in [0.15, 0.2) is 12.2 Å². The zero-order valence-electron chi connectivity index (χ0n) is 14.0. The third-order valence-electron chi connectivity index (χ3n) is 6.12. The van der Waals surface area contributed by atoms with Crippen LogP contribution in [-0.4, -0.2) is 48.6 Å². The van der Waals surface area contributed by atoms with Crippen LogP contribution >= 0.6 is 0 Å². The summed E-state index contributed by atoms with van der Waals surface area (Å²) in [6.07, 6.45) is -3.63. The predicted octanol–water partition coefficient (Wildman–Crippen LogP) is 2.48. The van der Waals surface area contributed by atoms with Gasteiger partial charge in [-0.1, -0.05) is 12.2 Å². The summed E-state index contributed by atoms with van der Waals surface area (Å²) < 4.78 is 143. The summed E-state index contributed by atoms with van der Waals surface area (Å²) in [5.74, 6) is -21.4. The second-order valence-corrected chi connectivity index (χ2v) is 9.09. The van der Waals surface area contributed by atoms with E-state index in [1.807, 2.05) is 0 Å². The fourth-order valence-electron chi connectivity index (χ4n) is 4.49. The second kappa shape index (κ2) is 5.31. The Morgan fingerprint density at radius 2 is 1.47 bits per heavy atom. The summed E-state index contributed by atoms with van der Waals surface area (Å²) in [5.41, 5.74) is -0.475. The fourth-order valence-corrected chi connectivity index (χ4v) is 5.37. The molecular weight excluding hydrogens is 465 g/mol. The van der Waals surface area contributed by atoms with Crippen LogP contribution in [0, 0.1) is 29.1 Å². The summed E-state index contributed by atoms with van der Waals surface area (Å²) in [6, 6.07) is 0. The van der Waals surface area contributed by atoms with Gasteiger partial charge in [0.2, 0.25) is 0 Å². The number of nitrogens with zero attached hydrogens (tertiary/aromatic N) is 1. The molecule has 0 radical (unpaired) electrons. The van der Waals surface area contributed by atoms with Crippen molar-refractivity contribution in [3.8, 4) is 0 Å². The Kier molecular flexibility index (Phi) is 3.79. The van der Waals surface area contributed by atoms with Gasteiger partial charge in [-0.3, -0.25) is 9.59 Å². The Morgan fingerprint density at radius 1 is 0.933 bits per heavy atom. The van der Waals surface area contributed by atoms with Gasteiger partial charge in [-0.25, -0.2) is 0 Å². The van der Waals surface area contributed by atoms with E-state index in [0.29, 0.717) is 6.42 Å². The largest absolute Gasteiger partial charge is 0.460 e. The molecule has 16 heteroatoms. The molecule has 0 bridgehead atoms. The SMILES string of the molecule is O=C1C2C(C(=O)N1OS(=O)(=O)C(F)(F)C(F)(F)C(F)(F)C(F)(F)F)C1CC13C=CC23. The van der Waals surface area contributed by atoms with Crippen molar-refractivity contribution >= 4 is 21.9 Å². The van der Waals surface area contributed by atoms with Gasteiger partial charge in [0.25, 0.3) is 11.8 Å². The third-order valence-corrected chi connectivity index (χ3v) is 7.35. The molecule has 1 aliphatic heterocycles. The average molecular weight is 473 g/mol. The van der Waals surface area contributed by atoms with Crippen LogP contribution in [0.4, 0.5) is 39.5 Å². The molecule has 5 atom stereocenters. The molecule has 6 nitrogen and oxygen atoms in total. The molecular formula is C14H8F9NO5S. The molecule has 1 spiro atoms. The van der Waals surface area contributed by atoms with E-state index in [0.717, 1.165) is 0 Å². The zero-order chi connectivity index (χ0) is 22.9. The highest BCUT2D eigenvalue weighted by molar-refractivity contribution is 7.87. The molecule has 4 rings (SSSR count). The van der Waals surface area contributed by atoms with Gasteiger partial charge >= 0.3 is 33.4 Å². The van der Waals surface area contributed by atoms with Crippen LogP contribution in [0.3, 0.4) is 0 Å². The normalized spacial score (nSPS) is 35.8. The predicted molar refractivity (Wildman–Crippen MR) is 72.9 cm³/mol. The lowest BCUT2D eigenvalue weighted by Crippen LogP contribution is -2.64. The Balaban J connectivity index is 1.62. The lowest BCUT2D eigenvalue weighted by Gasteiger charge is -2.33. The molecule has 5 unspecified atom stereocenters. The highest BCUT2D eigenvalue weighted by atomic mass is 32.2. The number of hydroxylamine groups is 2. The van der Waals surface area contributed by atoms with Crippen molar-refractivity contribution in [2.75, 3.05) is 0 Å². The number of fused-ring (bicyclic) bond motifs is 3. The highest BCUT2D eigenvalue weighted by Crippen LogP contribution is 2.77. The number of halogens is 9. The van der Waals surface area contributed by atoms with Gasteiger partial charge < -0.3 is 0 Å². The first-order valence-electron chi connectivity index (χ1n) is 8.06. The number of hydrogen-bond acceptors (Lipinski definition) is 5. The number of rotatable bonds is 5. The number of amides is 2. The van der Waals surface area contributed by atoms with E-state index < -0.39 is 79.4 Å². The van der Waals surface area contributed by atoms with E-state index in [9.17, 15) is 57.5 Å². The molecule has 0 aromatic heterocycles. The summed E-state index contributed by atoms with van der Waals surface area (Å²) >= 11 is 0. The Morgan fingerprint density at radius 3 is 1.93 bits per heavy atom. The van der Waals surface area contributed by atoms with Crippen molar-refractivity contribution in [1.82, 2.24) is 5.06 Å². The first-order chi connectivity index (χ1) is 13.4. The second-order valence-electron chi connectivity index (χ2n) is 7.52. The Labute approximate surface area is 160 Å². The molecule has 0 aromatic rings. The number of carbonyl (C=O) groups excluding carboxylic acids is 2. The lowest BCUT2D eigenvalue weighted by molar-refractivity contribution is -0.383. The van der Waals surface area contributed by atoms with Crippen LogP contribution in [0.5, 0.6) is 0 Å². The fraction of sp³-hybridized carbons (Fsp3) is 0.714. The van der Waals surface area contributed by atoms with Crippen molar-refractivity contribution < 1.29 is 61.8 Å². The van der Waals surface area contributed by atoms with Gasteiger partial charge in [-0.05, 0) is 23.7 Å². The van der Waals surface area contributed by atoms with Gasteiger partial charge in [0.15, 0.2) is 0 Å². The molecule has 0 N–H and O–H groups in total. The first kappa shape index (κ1) is 21.4. The highest BCUT2D eigenvalue weighted by Gasteiger charge is 2.86. The van der Waals surface area contributed by atoms with Crippen molar-refractivity contribution in [2.45, 2.75) is 29.7 Å². The van der Waals surface area contributed by atoms with Crippen LogP contribution in [-0.2, 0) is 24.0 Å². The van der Waals surface area contributed by atoms with Crippen LogP contribution < -0.4 is 0 Å². The molecule has 2 saturated carbocycles. The van der Waals surface area contributed by atoms with Crippen LogP contribution in [0.25, 0.3) is 0 Å². The van der Waals surface area contributed by atoms with Gasteiger partial charge in [0, 0.05) is 0 Å². The number of imide groups is 1. The monoisotopic (exact) mass is 473 g/mol. The molecule has 3 aliphatic carbocycles. The first-order valence-corrected chi connectivity index (χ1v) is 9.47. The Hall–Kier alpha value is -1.84. The van der Waals surface area contributed by atoms with Crippen molar-refractivity contribution in [2.24, 2.45) is 29.1 Å². The van der Waals surface area contributed by atoms with E-state index in [4.69, 9.17) is 0 Å². The molecule has 30 heavy (non-hydrogen) atoms. The van der Waals surface area contributed by atoms with E-state index in [2.05, 4.69) is 4.28 Å². The standard InChI is InChI=1S/C14H8F9NO5S/c15-11(16,13(19,20)21)12(17,18)14(22,23)30(27,28)29-24-8(25)6-4-1-2-10(4)3-5(10)7(6)9(24)26/h1-2,4-7H,3H2. The lowest BCUT2D eigenvalue weighted by atomic mass is 9.74. The van der Waals surface area contributed by atoms with Crippen molar-refractivity contribution in [3.05, 3.63) is 12.2 Å². The average Bonchev–Trinajstić information content (AvgIpc) is 3.24. The number of alkyl halides is 9. The number of carbonyl (C=O) groups is 2. The van der Waals surface area contributed by atoms with E-state index in [1.54, 1.807) is 6.08 Å². The van der Waals surface area contributed by atoms with Crippen LogP contribution in [0.2, 0.25) is 0 Å². The van der Waals surface area contributed by atoms with Gasteiger partial charge in [-0.15, -0.1) is 9.35 Å². The third kappa shape index (κ3) is 2.13. The summed E-state index contributed by atoms with van der Waals surface area (Å²) in [6.45, 7) is 0. The molecule has 0 aromatic carbocycles. The molecule has 3 fully saturated rings. The van der Waals surface area contributed by atoms with Crippen molar-refractivity contribution in [1.29, 1.82) is 0 Å². The maximum absolute atomic E-state index is 13.7. The maximum atomic E-state index is 13.7. The molecule has 4 aliphatic rings. The smallest absolute Gasteiger partial charge is 0.272 e. The van der Waals surface area contributed by atoms with E-state index in [-0.39, 0.29) is 0 Å². The minimum absolute atomic E-state index is 0.418. The number of hydrogen-bond donors (Lipinski definition) is 0. The molecule has 1 saturated heterocycles.